The van der Waals surface area contributed by atoms with Crippen molar-refractivity contribution in [1.82, 2.24) is 4.90 Å². The zero-order valence-electron chi connectivity index (χ0n) is 12.3. The number of hydrogen-bond acceptors (Lipinski definition) is 4. The molecule has 0 aromatic rings. The van der Waals surface area contributed by atoms with Gasteiger partial charge in [0, 0.05) is 6.42 Å². The van der Waals surface area contributed by atoms with Gasteiger partial charge in [0.15, 0.2) is 0 Å². The molecule has 0 aromatic heterocycles. The Labute approximate surface area is 110 Å². The molecule has 1 aliphatic carbocycles. The van der Waals surface area contributed by atoms with Crippen LogP contribution in [0.4, 0.5) is 0 Å². The molecule has 18 heavy (non-hydrogen) atoms. The van der Waals surface area contributed by atoms with Gasteiger partial charge in [-0.05, 0) is 45.7 Å². The van der Waals surface area contributed by atoms with E-state index in [-0.39, 0.29) is 12.1 Å². The first-order valence-corrected chi connectivity index (χ1v) is 6.78. The molecule has 0 heterocycles. The SMILES string of the molecule is CC(C)[C@@H]1CC[C@@](C)(OC(=O)CN(C)C)C[C@H]1O. The highest BCUT2D eigenvalue weighted by Gasteiger charge is 2.40. The third-order valence-corrected chi connectivity index (χ3v) is 3.80. The summed E-state index contributed by atoms with van der Waals surface area (Å²) in [4.78, 5) is 13.5. The largest absolute Gasteiger partial charge is 0.458 e. The fourth-order valence-corrected chi connectivity index (χ4v) is 2.80. The quantitative estimate of drug-likeness (QED) is 0.778. The van der Waals surface area contributed by atoms with Gasteiger partial charge in [0.1, 0.15) is 5.60 Å². The van der Waals surface area contributed by atoms with Crippen molar-refractivity contribution in [2.45, 2.75) is 51.7 Å². The molecule has 4 heteroatoms. The fraction of sp³-hybridized carbons (Fsp3) is 0.929. The number of carbonyl (C=O) groups excluding carboxylic acids is 1. The van der Waals surface area contributed by atoms with Gasteiger partial charge in [-0.3, -0.25) is 9.69 Å². The number of carbonyl (C=O) groups is 1. The fourth-order valence-electron chi connectivity index (χ4n) is 2.80. The van der Waals surface area contributed by atoms with Gasteiger partial charge in [0.2, 0.25) is 0 Å². The molecule has 0 saturated heterocycles. The number of hydrogen-bond donors (Lipinski definition) is 1. The highest BCUT2D eigenvalue weighted by atomic mass is 16.6. The molecule has 0 unspecified atom stereocenters. The molecule has 1 rings (SSSR count). The van der Waals surface area contributed by atoms with Crippen LogP contribution in [0.5, 0.6) is 0 Å². The van der Waals surface area contributed by atoms with Crippen LogP contribution in [-0.2, 0) is 9.53 Å². The van der Waals surface area contributed by atoms with Gasteiger partial charge in [-0.1, -0.05) is 13.8 Å². The molecule has 0 aliphatic heterocycles. The topological polar surface area (TPSA) is 49.8 Å². The first-order valence-electron chi connectivity index (χ1n) is 6.78. The van der Waals surface area contributed by atoms with Crippen LogP contribution >= 0.6 is 0 Å². The minimum absolute atomic E-state index is 0.210. The maximum absolute atomic E-state index is 11.7. The molecule has 1 N–H and O–H groups in total. The number of aliphatic hydroxyl groups excluding tert-OH is 1. The van der Waals surface area contributed by atoms with Gasteiger partial charge >= 0.3 is 5.97 Å². The predicted molar refractivity (Wildman–Crippen MR) is 71.2 cm³/mol. The Morgan fingerprint density at radius 3 is 2.56 bits per heavy atom. The van der Waals surface area contributed by atoms with Crippen molar-refractivity contribution in [3.63, 3.8) is 0 Å². The monoisotopic (exact) mass is 257 g/mol. The molecule has 4 nitrogen and oxygen atoms in total. The van der Waals surface area contributed by atoms with Crippen LogP contribution in [0.3, 0.4) is 0 Å². The lowest BCUT2D eigenvalue weighted by molar-refractivity contribution is -0.168. The number of esters is 1. The van der Waals surface area contributed by atoms with Crippen molar-refractivity contribution >= 4 is 5.97 Å². The number of rotatable bonds is 4. The second-order valence-electron chi connectivity index (χ2n) is 6.38. The van der Waals surface area contributed by atoms with E-state index < -0.39 is 5.60 Å². The molecular weight excluding hydrogens is 230 g/mol. The van der Waals surface area contributed by atoms with Crippen LogP contribution in [-0.4, -0.2) is 48.3 Å². The Balaban J connectivity index is 2.54. The second-order valence-corrected chi connectivity index (χ2v) is 6.38. The molecule has 1 saturated carbocycles. The molecule has 0 radical (unpaired) electrons. The molecular formula is C14H27NO3. The predicted octanol–water partition coefficient (Wildman–Crippen LogP) is 1.67. The van der Waals surface area contributed by atoms with E-state index in [0.717, 1.165) is 12.8 Å². The number of likely N-dealkylation sites (N-methyl/N-ethyl adjacent to an activating group) is 1. The summed E-state index contributed by atoms with van der Waals surface area (Å²) in [5.41, 5.74) is -0.502. The van der Waals surface area contributed by atoms with Gasteiger partial charge in [-0.25, -0.2) is 0 Å². The van der Waals surface area contributed by atoms with E-state index in [9.17, 15) is 9.90 Å². The van der Waals surface area contributed by atoms with Crippen molar-refractivity contribution in [2.24, 2.45) is 11.8 Å². The molecule has 0 amide bonds. The van der Waals surface area contributed by atoms with Crippen LogP contribution in [0.15, 0.2) is 0 Å². The molecule has 1 fully saturated rings. The third-order valence-electron chi connectivity index (χ3n) is 3.80. The van der Waals surface area contributed by atoms with Gasteiger partial charge in [0.25, 0.3) is 0 Å². The highest BCUT2D eigenvalue weighted by Crippen LogP contribution is 2.38. The summed E-state index contributed by atoms with van der Waals surface area (Å²) in [6, 6.07) is 0. The average molecular weight is 257 g/mol. The van der Waals surface area contributed by atoms with Crippen LogP contribution < -0.4 is 0 Å². The minimum Gasteiger partial charge on any atom is -0.458 e. The van der Waals surface area contributed by atoms with E-state index in [1.165, 1.54) is 0 Å². The van der Waals surface area contributed by atoms with Gasteiger partial charge in [0.05, 0.1) is 12.6 Å². The van der Waals surface area contributed by atoms with E-state index in [4.69, 9.17) is 4.74 Å². The summed E-state index contributed by atoms with van der Waals surface area (Å²) in [6.07, 6.45) is 1.95. The Bertz CT molecular complexity index is 291. The standard InChI is InChI=1S/C14H27NO3/c1-10(2)11-6-7-14(3,8-12(11)16)18-13(17)9-15(4)5/h10-12,16H,6-9H2,1-5H3/t11-,12+,14+/m0/s1. The van der Waals surface area contributed by atoms with E-state index in [1.807, 2.05) is 21.0 Å². The van der Waals surface area contributed by atoms with Gasteiger partial charge in [-0.15, -0.1) is 0 Å². The van der Waals surface area contributed by atoms with Gasteiger partial charge in [-0.2, -0.15) is 0 Å². The summed E-state index contributed by atoms with van der Waals surface area (Å²) in [5.74, 6) is 0.588. The molecule has 0 spiro atoms. The Morgan fingerprint density at radius 1 is 1.50 bits per heavy atom. The maximum atomic E-state index is 11.7. The average Bonchev–Trinajstić information content (AvgIpc) is 2.13. The first-order chi connectivity index (χ1) is 8.23. The van der Waals surface area contributed by atoms with Crippen molar-refractivity contribution < 1.29 is 14.6 Å². The molecule has 0 aromatic carbocycles. The van der Waals surface area contributed by atoms with Crippen molar-refractivity contribution in [2.75, 3.05) is 20.6 Å². The summed E-state index contributed by atoms with van der Waals surface area (Å²) in [7, 11) is 3.68. The number of nitrogens with zero attached hydrogens (tertiary/aromatic N) is 1. The van der Waals surface area contributed by atoms with E-state index in [1.54, 1.807) is 4.90 Å². The molecule has 1 aliphatic rings. The minimum atomic E-state index is -0.502. The number of aliphatic hydroxyl groups is 1. The summed E-state index contributed by atoms with van der Waals surface area (Å²) < 4.78 is 5.55. The lowest BCUT2D eigenvalue weighted by Crippen LogP contribution is -2.45. The highest BCUT2D eigenvalue weighted by molar-refractivity contribution is 5.72. The summed E-state index contributed by atoms with van der Waals surface area (Å²) in [6.45, 7) is 6.49. The normalized spacial score (nSPS) is 32.9. The lowest BCUT2D eigenvalue weighted by Gasteiger charge is -2.41. The van der Waals surface area contributed by atoms with Crippen molar-refractivity contribution in [3.8, 4) is 0 Å². The Kier molecular flexibility index (Phi) is 5.17. The Hall–Kier alpha value is -0.610. The van der Waals surface area contributed by atoms with Crippen LogP contribution in [0.25, 0.3) is 0 Å². The van der Waals surface area contributed by atoms with E-state index in [0.29, 0.717) is 24.8 Å². The molecule has 3 atom stereocenters. The van der Waals surface area contributed by atoms with Crippen LogP contribution in [0.1, 0.15) is 40.0 Å². The van der Waals surface area contributed by atoms with Crippen LogP contribution in [0, 0.1) is 11.8 Å². The third kappa shape index (κ3) is 4.25. The van der Waals surface area contributed by atoms with Crippen LogP contribution in [0.2, 0.25) is 0 Å². The second kappa shape index (κ2) is 6.02. The van der Waals surface area contributed by atoms with E-state index in [2.05, 4.69) is 13.8 Å². The first kappa shape index (κ1) is 15.4. The van der Waals surface area contributed by atoms with E-state index >= 15 is 0 Å². The Morgan fingerprint density at radius 2 is 2.11 bits per heavy atom. The zero-order valence-corrected chi connectivity index (χ0v) is 12.3. The lowest BCUT2D eigenvalue weighted by atomic mass is 9.73. The van der Waals surface area contributed by atoms with Crippen molar-refractivity contribution in [1.29, 1.82) is 0 Å². The summed E-state index contributed by atoms with van der Waals surface area (Å²) >= 11 is 0. The summed E-state index contributed by atoms with van der Waals surface area (Å²) in [5, 5.41) is 10.2. The zero-order chi connectivity index (χ0) is 13.9. The van der Waals surface area contributed by atoms with Crippen molar-refractivity contribution in [3.05, 3.63) is 0 Å². The number of ether oxygens (including phenoxy) is 1. The van der Waals surface area contributed by atoms with Gasteiger partial charge < -0.3 is 9.84 Å². The molecule has 106 valence electrons. The molecule has 0 bridgehead atoms. The smallest absolute Gasteiger partial charge is 0.320 e. The maximum Gasteiger partial charge on any atom is 0.320 e.